The van der Waals surface area contributed by atoms with E-state index in [2.05, 4.69) is 12.6 Å². The quantitative estimate of drug-likeness (QED) is 0.319. The van der Waals surface area contributed by atoms with E-state index in [4.69, 9.17) is 10.8 Å². The highest BCUT2D eigenvalue weighted by Crippen LogP contribution is 1.72. The Labute approximate surface area is 50.1 Å². The number of aliphatic hydroxyl groups is 1. The molecule has 46 valence electrons. The molecule has 0 rings (SSSR count). The minimum Gasteiger partial charge on any atom is -0.397 e. The maximum Gasteiger partial charge on any atom is 0.0448 e. The molecule has 0 aliphatic rings. The van der Waals surface area contributed by atoms with Gasteiger partial charge in [0.1, 0.15) is 0 Å². The second-order valence-electron chi connectivity index (χ2n) is 1.06. The Kier molecular flexibility index (Phi) is 14.0. The molecule has 0 spiro atoms. The van der Waals surface area contributed by atoms with Gasteiger partial charge in [0.25, 0.3) is 0 Å². The predicted molar refractivity (Wildman–Crippen MR) is 35.4 cm³/mol. The van der Waals surface area contributed by atoms with E-state index >= 15 is 0 Å². The molecule has 0 aromatic carbocycles. The maximum atomic E-state index is 7.57. The van der Waals surface area contributed by atoms with E-state index in [1.807, 2.05) is 6.92 Å². The summed E-state index contributed by atoms with van der Waals surface area (Å²) in [5.74, 6) is 0. The third-order valence-corrected chi connectivity index (χ3v) is 0. The second-order valence-corrected chi connectivity index (χ2v) is 1.87. The lowest BCUT2D eigenvalue weighted by Gasteiger charge is -1.80. The molecule has 0 aromatic heterocycles. The van der Waals surface area contributed by atoms with Crippen LogP contribution in [-0.2, 0) is 0 Å². The van der Waals surface area contributed by atoms with Gasteiger partial charge in [0.2, 0.25) is 0 Å². The van der Waals surface area contributed by atoms with Crippen molar-refractivity contribution < 1.29 is 5.11 Å². The largest absolute Gasteiger partial charge is 0.397 e. The molecule has 0 bridgehead atoms. The summed E-state index contributed by atoms with van der Waals surface area (Å²) in [5, 5.41) is 7.60. The first-order chi connectivity index (χ1) is 3.15. The summed E-state index contributed by atoms with van der Waals surface area (Å²) in [7, 11) is 0. The molecule has 0 heterocycles. The fourth-order valence-electron chi connectivity index (χ4n) is 0. The van der Waals surface area contributed by atoms with Crippen molar-refractivity contribution in [2.75, 3.05) is 6.61 Å². The molecule has 0 radical (unpaired) electrons. The zero-order valence-corrected chi connectivity index (χ0v) is 5.65. The van der Waals surface area contributed by atoms with E-state index in [1.165, 1.54) is 0 Å². The van der Waals surface area contributed by atoms with E-state index < -0.39 is 0 Å². The Bertz CT molecular complexity index is 22.9. The van der Waals surface area contributed by atoms with E-state index in [1.54, 1.807) is 6.92 Å². The molecule has 7 heavy (non-hydrogen) atoms. The lowest BCUT2D eigenvalue weighted by Crippen LogP contribution is -2.03. The molecule has 3 heteroatoms. The van der Waals surface area contributed by atoms with E-state index in [9.17, 15) is 0 Å². The summed E-state index contributed by atoms with van der Waals surface area (Å²) in [5.41, 5.74) is 4.98. The molecular weight excluding hydrogens is 110 g/mol. The first-order valence-corrected chi connectivity index (χ1v) is 2.71. The fourth-order valence-corrected chi connectivity index (χ4v) is 0. The van der Waals surface area contributed by atoms with Crippen LogP contribution >= 0.6 is 12.6 Å². The zero-order chi connectivity index (χ0) is 6.28. The van der Waals surface area contributed by atoms with Gasteiger partial charge in [-0.05, 0) is 13.8 Å². The molecule has 1 atom stereocenters. The van der Waals surface area contributed by atoms with Gasteiger partial charge in [-0.3, -0.25) is 0 Å². The third kappa shape index (κ3) is 1570. The zero-order valence-electron chi connectivity index (χ0n) is 4.76. The summed E-state index contributed by atoms with van der Waals surface area (Å²) >= 11 is 3.74. The smallest absolute Gasteiger partial charge is 0.0448 e. The van der Waals surface area contributed by atoms with Crippen molar-refractivity contribution in [1.29, 1.82) is 0 Å². The summed E-state index contributed by atoms with van der Waals surface area (Å²) in [6.45, 7) is 3.74. The fraction of sp³-hybridized carbons (Fsp3) is 1.00. The highest BCUT2D eigenvalue weighted by molar-refractivity contribution is 7.80. The molecule has 0 amide bonds. The summed E-state index contributed by atoms with van der Waals surface area (Å²) in [6.07, 6.45) is 0. The van der Waals surface area contributed by atoms with Crippen molar-refractivity contribution >= 4 is 12.6 Å². The van der Waals surface area contributed by atoms with Gasteiger partial charge in [-0.1, -0.05) is 0 Å². The van der Waals surface area contributed by atoms with Crippen molar-refractivity contribution in [2.45, 2.75) is 19.2 Å². The molecule has 2 nitrogen and oxygen atoms in total. The number of hydrogen-bond donors (Lipinski definition) is 3. The Balaban J connectivity index is 0. The Morgan fingerprint density at radius 2 is 1.86 bits per heavy atom. The summed E-state index contributed by atoms with van der Waals surface area (Å²) in [6, 6.07) is 0. The average molecular weight is 123 g/mol. The Morgan fingerprint density at radius 3 is 1.86 bits per heavy atom. The number of rotatable bonds is 0. The predicted octanol–water partition coefficient (Wildman–Crippen LogP) is 0.220. The van der Waals surface area contributed by atoms with Gasteiger partial charge in [0.05, 0.1) is 0 Å². The molecule has 0 fully saturated rings. The first-order valence-electron chi connectivity index (χ1n) is 2.19. The van der Waals surface area contributed by atoms with Crippen molar-refractivity contribution in [3.63, 3.8) is 0 Å². The van der Waals surface area contributed by atoms with E-state index in [-0.39, 0.29) is 12.0 Å². The lowest BCUT2D eigenvalue weighted by atomic mass is 10.8. The van der Waals surface area contributed by atoms with E-state index in [0.29, 0.717) is 0 Å². The van der Waals surface area contributed by atoms with Crippen LogP contribution in [0.2, 0.25) is 0 Å². The topological polar surface area (TPSA) is 46.2 Å². The number of nitrogens with two attached hydrogens (primary N) is 1. The normalized spacial score (nSPS) is 11.6. The van der Waals surface area contributed by atoms with Crippen LogP contribution in [0.15, 0.2) is 0 Å². The number of hydrogen-bond acceptors (Lipinski definition) is 3. The second kappa shape index (κ2) is 9.55. The van der Waals surface area contributed by atoms with E-state index in [0.717, 1.165) is 0 Å². The Hall–Kier alpha value is 0.270. The van der Waals surface area contributed by atoms with Crippen molar-refractivity contribution in [2.24, 2.45) is 5.73 Å². The monoisotopic (exact) mass is 123 g/mol. The van der Waals surface area contributed by atoms with Crippen LogP contribution < -0.4 is 5.73 Å². The SMILES string of the molecule is CC(N)S.CCO. The summed E-state index contributed by atoms with van der Waals surface area (Å²) < 4.78 is 0. The third-order valence-electron chi connectivity index (χ3n) is 0. The van der Waals surface area contributed by atoms with Crippen LogP contribution in [0, 0.1) is 0 Å². The highest BCUT2D eigenvalue weighted by Gasteiger charge is 1.68. The van der Waals surface area contributed by atoms with Gasteiger partial charge in [-0.25, -0.2) is 0 Å². The van der Waals surface area contributed by atoms with Gasteiger partial charge >= 0.3 is 0 Å². The minimum atomic E-state index is 0.0278. The first kappa shape index (κ1) is 10.3. The van der Waals surface area contributed by atoms with Gasteiger partial charge in [-0.2, -0.15) is 12.6 Å². The molecule has 0 aliphatic heterocycles. The molecular formula is C4H13NOS. The van der Waals surface area contributed by atoms with Crippen LogP contribution in [0.1, 0.15) is 13.8 Å². The molecule has 0 saturated heterocycles. The molecule has 1 unspecified atom stereocenters. The van der Waals surface area contributed by atoms with Gasteiger partial charge in [0.15, 0.2) is 0 Å². The van der Waals surface area contributed by atoms with Crippen LogP contribution in [-0.4, -0.2) is 17.1 Å². The molecule has 0 aromatic rings. The number of thiol groups is 1. The van der Waals surface area contributed by atoms with Gasteiger partial charge < -0.3 is 10.8 Å². The molecule has 0 aliphatic carbocycles. The summed E-state index contributed by atoms with van der Waals surface area (Å²) in [4.78, 5) is 0. The average Bonchev–Trinajstić information content (AvgIpc) is 1.33. The van der Waals surface area contributed by atoms with Crippen molar-refractivity contribution in [3.05, 3.63) is 0 Å². The molecule has 0 saturated carbocycles. The van der Waals surface area contributed by atoms with Crippen LogP contribution in [0.25, 0.3) is 0 Å². The van der Waals surface area contributed by atoms with Crippen molar-refractivity contribution in [3.8, 4) is 0 Å². The van der Waals surface area contributed by atoms with Crippen LogP contribution in [0.3, 0.4) is 0 Å². The lowest BCUT2D eigenvalue weighted by molar-refractivity contribution is 0.318. The minimum absolute atomic E-state index is 0.0278. The van der Waals surface area contributed by atoms with Gasteiger partial charge in [0, 0.05) is 12.0 Å². The van der Waals surface area contributed by atoms with Crippen LogP contribution in [0.5, 0.6) is 0 Å². The Morgan fingerprint density at radius 1 is 1.86 bits per heavy atom. The number of aliphatic hydroxyl groups excluding tert-OH is 1. The molecule has 3 N–H and O–H groups in total. The maximum absolute atomic E-state index is 7.57. The van der Waals surface area contributed by atoms with Crippen LogP contribution in [0.4, 0.5) is 0 Å². The van der Waals surface area contributed by atoms with Crippen molar-refractivity contribution in [1.82, 2.24) is 0 Å². The van der Waals surface area contributed by atoms with Gasteiger partial charge in [-0.15, -0.1) is 0 Å². The standard InChI is InChI=1S/C2H7NS.C2H6O/c1-2(3)4;1-2-3/h2,4H,3H2,1H3;3H,2H2,1H3. The highest BCUT2D eigenvalue weighted by atomic mass is 32.1.